The van der Waals surface area contributed by atoms with Gasteiger partial charge in [0.05, 0.1) is 51.8 Å². The molecule has 0 aliphatic rings. The van der Waals surface area contributed by atoms with E-state index in [0.29, 0.717) is 39.6 Å². The van der Waals surface area contributed by atoms with Crippen LogP contribution in [-0.4, -0.2) is 51.8 Å². The van der Waals surface area contributed by atoms with Crippen LogP contribution in [0.3, 0.4) is 0 Å². The second-order valence-electron chi connectivity index (χ2n) is 6.53. The van der Waals surface area contributed by atoms with Gasteiger partial charge >= 0.3 is 0 Å². The van der Waals surface area contributed by atoms with Crippen molar-refractivity contribution in [1.29, 1.82) is 0 Å². The van der Waals surface area contributed by atoms with E-state index in [1.807, 2.05) is 20.8 Å². The molecule has 0 aliphatic heterocycles. The van der Waals surface area contributed by atoms with Crippen LogP contribution in [0.15, 0.2) is 24.3 Å². The maximum atomic E-state index is 5.56. The number of hydrogen-bond acceptors (Lipinski definition) is 4. The van der Waals surface area contributed by atoms with Crippen molar-refractivity contribution in [2.45, 2.75) is 39.7 Å². The minimum atomic E-state index is -0.101. The summed E-state index contributed by atoms with van der Waals surface area (Å²) in [5.41, 5.74) is 2.49. The Morgan fingerprint density at radius 3 is 1.70 bits per heavy atom. The van der Waals surface area contributed by atoms with Crippen molar-refractivity contribution >= 4 is 0 Å². The lowest BCUT2D eigenvalue weighted by Gasteiger charge is -2.19. The number of ether oxygens (including phenoxy) is 4. The van der Waals surface area contributed by atoms with Gasteiger partial charge in [-0.15, -0.1) is 0 Å². The van der Waals surface area contributed by atoms with E-state index in [2.05, 4.69) is 31.2 Å². The van der Waals surface area contributed by atoms with E-state index in [-0.39, 0.29) is 5.60 Å². The van der Waals surface area contributed by atoms with Crippen molar-refractivity contribution in [3.8, 4) is 0 Å². The Kier molecular flexibility index (Phi) is 10.1. The Labute approximate surface area is 141 Å². The zero-order valence-corrected chi connectivity index (χ0v) is 15.1. The lowest BCUT2D eigenvalue weighted by Crippen LogP contribution is -2.22. The average Bonchev–Trinajstić information content (AvgIpc) is 2.49. The second-order valence-corrected chi connectivity index (χ2v) is 6.53. The molecule has 4 heteroatoms. The molecule has 1 aromatic rings. The first-order valence-electron chi connectivity index (χ1n) is 8.40. The fraction of sp³-hybridized carbons (Fsp3) is 0.684. The molecule has 0 fully saturated rings. The minimum Gasteiger partial charge on any atom is -0.379 e. The molecular weight excluding hydrogens is 292 g/mol. The smallest absolute Gasteiger partial charge is 0.0707 e. The Morgan fingerprint density at radius 1 is 0.696 bits per heavy atom. The average molecular weight is 324 g/mol. The molecule has 0 N–H and O–H groups in total. The molecule has 0 saturated carbocycles. The van der Waals surface area contributed by atoms with E-state index in [1.54, 1.807) is 0 Å². The predicted octanol–water partition coefficient (Wildman–Crippen LogP) is 3.40. The standard InChI is InChI=1S/C19H32O4/c1-17-5-7-18(8-6-17)9-10-20-11-12-21-13-14-22-15-16-23-19(2,3)4/h5-8H,9-16H2,1-4H3. The Morgan fingerprint density at radius 2 is 1.17 bits per heavy atom. The van der Waals surface area contributed by atoms with E-state index in [1.165, 1.54) is 11.1 Å². The highest BCUT2D eigenvalue weighted by Crippen LogP contribution is 2.05. The summed E-state index contributed by atoms with van der Waals surface area (Å²) < 4.78 is 22.0. The number of benzene rings is 1. The van der Waals surface area contributed by atoms with Crippen LogP contribution < -0.4 is 0 Å². The summed E-state index contributed by atoms with van der Waals surface area (Å²) in [7, 11) is 0. The fourth-order valence-electron chi connectivity index (χ4n) is 1.89. The normalized spacial score (nSPS) is 11.8. The molecule has 23 heavy (non-hydrogen) atoms. The van der Waals surface area contributed by atoms with Gasteiger partial charge in [-0.2, -0.15) is 0 Å². The lowest BCUT2D eigenvalue weighted by molar-refractivity contribution is -0.0449. The third-order valence-electron chi connectivity index (χ3n) is 3.16. The van der Waals surface area contributed by atoms with Crippen LogP contribution in [0.25, 0.3) is 0 Å². The maximum Gasteiger partial charge on any atom is 0.0707 e. The minimum absolute atomic E-state index is 0.101. The van der Waals surface area contributed by atoms with Gasteiger partial charge in [-0.3, -0.25) is 0 Å². The van der Waals surface area contributed by atoms with Crippen LogP contribution in [0, 0.1) is 6.92 Å². The third-order valence-corrected chi connectivity index (χ3v) is 3.16. The topological polar surface area (TPSA) is 36.9 Å². The van der Waals surface area contributed by atoms with Crippen LogP contribution in [0.2, 0.25) is 0 Å². The predicted molar refractivity (Wildman–Crippen MR) is 93.0 cm³/mol. The van der Waals surface area contributed by atoms with Crippen molar-refractivity contribution in [2.75, 3.05) is 46.2 Å². The van der Waals surface area contributed by atoms with Crippen molar-refractivity contribution in [3.63, 3.8) is 0 Å². The van der Waals surface area contributed by atoms with Gasteiger partial charge in [-0.05, 0) is 39.7 Å². The van der Waals surface area contributed by atoms with Crippen molar-refractivity contribution in [1.82, 2.24) is 0 Å². The Bertz CT molecular complexity index is 395. The van der Waals surface area contributed by atoms with E-state index in [9.17, 15) is 0 Å². The number of rotatable bonds is 12. The third kappa shape index (κ3) is 12.2. The highest BCUT2D eigenvalue weighted by molar-refractivity contribution is 5.21. The van der Waals surface area contributed by atoms with E-state index < -0.39 is 0 Å². The molecule has 0 aliphatic carbocycles. The van der Waals surface area contributed by atoms with Gasteiger partial charge in [0, 0.05) is 0 Å². The molecular formula is C19H32O4. The van der Waals surface area contributed by atoms with Crippen molar-refractivity contribution < 1.29 is 18.9 Å². The van der Waals surface area contributed by atoms with Crippen molar-refractivity contribution in [3.05, 3.63) is 35.4 Å². The van der Waals surface area contributed by atoms with E-state index >= 15 is 0 Å². The second kappa shape index (κ2) is 11.6. The summed E-state index contributed by atoms with van der Waals surface area (Å²) in [5.74, 6) is 0. The monoisotopic (exact) mass is 324 g/mol. The summed E-state index contributed by atoms with van der Waals surface area (Å²) in [6, 6.07) is 8.56. The van der Waals surface area contributed by atoms with Gasteiger partial charge in [-0.1, -0.05) is 29.8 Å². The molecule has 132 valence electrons. The molecule has 0 amide bonds. The van der Waals surface area contributed by atoms with Crippen LogP contribution in [0.4, 0.5) is 0 Å². The van der Waals surface area contributed by atoms with Crippen LogP contribution >= 0.6 is 0 Å². The summed E-state index contributed by atoms with van der Waals surface area (Å²) in [5, 5.41) is 0. The van der Waals surface area contributed by atoms with Gasteiger partial charge < -0.3 is 18.9 Å². The molecule has 0 unspecified atom stereocenters. The molecule has 0 saturated heterocycles. The first-order chi connectivity index (χ1) is 11.0. The van der Waals surface area contributed by atoms with Gasteiger partial charge in [0.2, 0.25) is 0 Å². The summed E-state index contributed by atoms with van der Waals surface area (Å²) in [4.78, 5) is 0. The number of hydrogen-bond donors (Lipinski definition) is 0. The first kappa shape index (κ1) is 20.1. The van der Waals surface area contributed by atoms with Gasteiger partial charge in [0.15, 0.2) is 0 Å². The van der Waals surface area contributed by atoms with Crippen LogP contribution in [0.1, 0.15) is 31.9 Å². The Balaban J connectivity index is 1.82. The zero-order valence-electron chi connectivity index (χ0n) is 15.1. The maximum absolute atomic E-state index is 5.56. The van der Waals surface area contributed by atoms with Crippen LogP contribution in [-0.2, 0) is 25.4 Å². The summed E-state index contributed by atoms with van der Waals surface area (Å²) in [6.45, 7) is 12.6. The SMILES string of the molecule is Cc1ccc(CCOCCOCCOCCOC(C)(C)C)cc1. The van der Waals surface area contributed by atoms with Gasteiger partial charge in [0.25, 0.3) is 0 Å². The molecule has 0 aromatic heterocycles. The fourth-order valence-corrected chi connectivity index (χ4v) is 1.89. The van der Waals surface area contributed by atoms with Crippen LogP contribution in [0.5, 0.6) is 0 Å². The van der Waals surface area contributed by atoms with Gasteiger partial charge in [0.1, 0.15) is 0 Å². The lowest BCUT2D eigenvalue weighted by atomic mass is 10.1. The molecule has 0 heterocycles. The van der Waals surface area contributed by atoms with E-state index in [0.717, 1.165) is 13.0 Å². The van der Waals surface area contributed by atoms with E-state index in [4.69, 9.17) is 18.9 Å². The largest absolute Gasteiger partial charge is 0.379 e. The highest BCUT2D eigenvalue weighted by atomic mass is 16.6. The summed E-state index contributed by atoms with van der Waals surface area (Å²) in [6.07, 6.45) is 0.942. The molecule has 1 rings (SSSR count). The number of aryl methyl sites for hydroxylation is 1. The molecule has 0 radical (unpaired) electrons. The van der Waals surface area contributed by atoms with Gasteiger partial charge in [-0.25, -0.2) is 0 Å². The molecule has 0 bridgehead atoms. The van der Waals surface area contributed by atoms with Crippen molar-refractivity contribution in [2.24, 2.45) is 0 Å². The summed E-state index contributed by atoms with van der Waals surface area (Å²) >= 11 is 0. The first-order valence-corrected chi connectivity index (χ1v) is 8.40. The zero-order chi connectivity index (χ0) is 17.0. The Hall–Kier alpha value is -0.940. The molecule has 4 nitrogen and oxygen atoms in total. The quantitative estimate of drug-likeness (QED) is 0.552. The highest BCUT2D eigenvalue weighted by Gasteiger charge is 2.08. The molecule has 1 aromatic carbocycles. The molecule has 0 atom stereocenters. The molecule has 0 spiro atoms.